The van der Waals surface area contributed by atoms with Gasteiger partial charge >= 0.3 is 76.3 Å². The second-order valence-electron chi connectivity index (χ2n) is 1.45. The summed E-state index contributed by atoms with van der Waals surface area (Å²) in [6.07, 6.45) is 0. The van der Waals surface area contributed by atoms with Gasteiger partial charge in [-0.2, -0.15) is 7.82 Å². The molecular weight excluding hydrogens is 380 g/mol. The van der Waals surface area contributed by atoms with Crippen LogP contribution in [0.1, 0.15) is 0 Å². The van der Waals surface area contributed by atoms with Crippen molar-refractivity contribution in [2.75, 3.05) is 0 Å². The Kier molecular flexibility index (Phi) is 25.1. The summed E-state index contributed by atoms with van der Waals surface area (Å²) in [5, 5.41) is 0. The summed E-state index contributed by atoms with van der Waals surface area (Å²) >= 11 is 0. The van der Waals surface area contributed by atoms with Gasteiger partial charge in [-0.05, 0) is 0 Å². The molecule has 0 aromatic carbocycles. The molecule has 0 aliphatic carbocycles. The van der Waals surface area contributed by atoms with Crippen LogP contribution in [-0.2, 0) is 30.8 Å². The third-order valence-corrected chi connectivity index (χ3v) is 0. The maximum Gasteiger partial charge on any atom is 3.00 e. The van der Waals surface area contributed by atoms with Gasteiger partial charge in [0.2, 0.25) is 0 Å². The van der Waals surface area contributed by atoms with Crippen LogP contribution in [0.5, 0.6) is 0 Å². The molecule has 1 radical (unpaired) electrons. The molecule has 0 rings (SSSR count). The standard InChI is InChI=1S/Fe.K.3H3O4P/c;;3*1-5(2,3)4/h;;3*(H3,1,2,3,4)/q+3;+1;;;/p-4. The van der Waals surface area contributed by atoms with Crippen LogP contribution in [0.2, 0.25) is 0 Å². The van der Waals surface area contributed by atoms with E-state index in [0.717, 1.165) is 0 Å². The van der Waals surface area contributed by atoms with E-state index in [1.54, 1.807) is 0 Å². The minimum absolute atomic E-state index is 0. The zero-order valence-electron chi connectivity index (χ0n) is 7.79. The summed E-state index contributed by atoms with van der Waals surface area (Å²) in [7, 11) is -14.9. The molecule has 0 saturated heterocycles. The molecule has 0 unspecified atom stereocenters. The van der Waals surface area contributed by atoms with E-state index in [0.29, 0.717) is 0 Å². The van der Waals surface area contributed by atoms with E-state index < -0.39 is 23.5 Å². The maximum absolute atomic E-state index is 8.88. The van der Waals surface area contributed by atoms with Crippen molar-refractivity contribution >= 4 is 23.5 Å². The van der Waals surface area contributed by atoms with Crippen LogP contribution in [0, 0.1) is 0 Å². The van der Waals surface area contributed by atoms with E-state index in [9.17, 15) is 0 Å². The summed E-state index contributed by atoms with van der Waals surface area (Å²) in [6, 6.07) is 0. The predicted molar refractivity (Wildman–Crippen MR) is 33.9 cm³/mol. The van der Waals surface area contributed by atoms with Crippen molar-refractivity contribution in [1.29, 1.82) is 0 Å². The van der Waals surface area contributed by atoms with Crippen LogP contribution in [0.3, 0.4) is 0 Å². The minimum atomic E-state index is -5.39. The second kappa shape index (κ2) is 13.5. The molecule has 0 aliphatic heterocycles. The first-order valence-electron chi connectivity index (χ1n) is 2.28. The van der Waals surface area contributed by atoms with Crippen molar-refractivity contribution in [2.45, 2.75) is 0 Å². The van der Waals surface area contributed by atoms with E-state index in [1.807, 2.05) is 0 Å². The third kappa shape index (κ3) is 813. The average molecular weight is 385 g/mol. The van der Waals surface area contributed by atoms with Gasteiger partial charge < -0.3 is 48.6 Å². The van der Waals surface area contributed by atoms with Gasteiger partial charge in [0.05, 0.1) is 0 Å². The number of rotatable bonds is 0. The number of hydrogen-bond acceptors (Lipinski definition) is 7. The fraction of sp³-hybridized carbons (Fsp3) is 0. The molecular formula is H5FeKO12P3. The molecule has 0 aliphatic rings. The Bertz CT molecular complexity index is 208. The van der Waals surface area contributed by atoms with E-state index in [4.69, 9.17) is 57.7 Å². The van der Waals surface area contributed by atoms with Gasteiger partial charge in [0.25, 0.3) is 7.82 Å². The topological polar surface area (TPSA) is 245 Å². The predicted octanol–water partition coefficient (Wildman–Crippen LogP) is -8.31. The van der Waals surface area contributed by atoms with E-state index in [-0.39, 0.29) is 68.5 Å². The van der Waals surface area contributed by atoms with Crippen LogP contribution in [0.25, 0.3) is 0 Å². The van der Waals surface area contributed by atoms with Crippen molar-refractivity contribution in [2.24, 2.45) is 0 Å². The van der Waals surface area contributed by atoms with Crippen molar-refractivity contribution in [1.82, 2.24) is 0 Å². The molecule has 12 nitrogen and oxygen atoms in total. The fourth-order valence-electron chi connectivity index (χ4n) is 0. The van der Waals surface area contributed by atoms with Gasteiger partial charge in [-0.25, -0.2) is 4.57 Å². The first kappa shape index (κ1) is 31.7. The van der Waals surface area contributed by atoms with Crippen molar-refractivity contribution in [3.8, 4) is 0 Å². The van der Waals surface area contributed by atoms with E-state index >= 15 is 0 Å². The Labute approximate surface area is 148 Å². The van der Waals surface area contributed by atoms with Gasteiger partial charge in [0.1, 0.15) is 0 Å². The Morgan fingerprint density at radius 3 is 0.706 bits per heavy atom. The normalized spacial score (nSPS) is 10.4. The molecule has 0 fully saturated rings. The molecule has 0 atom stereocenters. The monoisotopic (exact) mass is 385 g/mol. The zero-order valence-corrected chi connectivity index (χ0v) is 14.7. The largest absolute Gasteiger partial charge is 3.00 e. The average Bonchev–Trinajstić information content (AvgIpc) is 1.41. The summed E-state index contributed by atoms with van der Waals surface area (Å²) in [5.41, 5.74) is 0. The van der Waals surface area contributed by atoms with Crippen molar-refractivity contribution in [3.63, 3.8) is 0 Å². The first-order chi connectivity index (χ1) is 6.00. The molecule has 0 amide bonds. The van der Waals surface area contributed by atoms with Gasteiger partial charge in [0.15, 0.2) is 0 Å². The Hall–Kier alpha value is 2.49. The molecule has 5 N–H and O–H groups in total. The third-order valence-electron chi connectivity index (χ3n) is 0. The summed E-state index contributed by atoms with van der Waals surface area (Å²) in [6.45, 7) is 0. The van der Waals surface area contributed by atoms with Crippen LogP contribution in [-0.4, -0.2) is 24.5 Å². The molecule has 17 heavy (non-hydrogen) atoms. The quantitative estimate of drug-likeness (QED) is 0.193. The molecule has 0 bridgehead atoms. The minimum Gasteiger partial charge on any atom is -0.822 e. The molecule has 0 heterocycles. The molecule has 0 spiro atoms. The SMILES string of the molecule is O=P(O)(O)O.O=P([O-])(O)O.O=P([O-])([O-])[O-].[Fe+3].[K+]. The van der Waals surface area contributed by atoms with Crippen LogP contribution >= 0.6 is 23.5 Å². The first-order valence-corrected chi connectivity index (χ1v) is 6.83. The summed E-state index contributed by atoms with van der Waals surface area (Å²) < 4.78 is 26.2. The fourth-order valence-corrected chi connectivity index (χ4v) is 0. The van der Waals surface area contributed by atoms with Crippen molar-refractivity contribution in [3.05, 3.63) is 0 Å². The number of phosphoric acid groups is 3. The van der Waals surface area contributed by atoms with E-state index in [1.165, 1.54) is 0 Å². The Morgan fingerprint density at radius 2 is 0.706 bits per heavy atom. The van der Waals surface area contributed by atoms with Crippen molar-refractivity contribution < 1.29 is 126 Å². The molecule has 0 aromatic rings. The maximum atomic E-state index is 8.88. The molecule has 17 heteroatoms. The van der Waals surface area contributed by atoms with E-state index in [2.05, 4.69) is 0 Å². The number of hydrogen-bond donors (Lipinski definition) is 5. The van der Waals surface area contributed by atoms with Gasteiger partial charge in [0, 0.05) is 0 Å². The Balaban J connectivity index is -0.0000000400. The summed E-state index contributed by atoms with van der Waals surface area (Å²) in [5.74, 6) is 0. The molecule has 0 saturated carbocycles. The molecule has 0 aromatic heterocycles. The smallest absolute Gasteiger partial charge is 0.822 e. The van der Waals surface area contributed by atoms with Gasteiger partial charge in [-0.1, -0.05) is 0 Å². The van der Waals surface area contributed by atoms with Gasteiger partial charge in [-0.3, -0.25) is 4.57 Å². The molecule has 101 valence electrons. The van der Waals surface area contributed by atoms with Crippen LogP contribution in [0.4, 0.5) is 0 Å². The van der Waals surface area contributed by atoms with Crippen LogP contribution < -0.4 is 71.0 Å². The Morgan fingerprint density at radius 1 is 0.706 bits per heavy atom. The van der Waals surface area contributed by atoms with Crippen LogP contribution in [0.15, 0.2) is 0 Å². The second-order valence-corrected chi connectivity index (χ2v) is 4.35. The summed E-state index contributed by atoms with van der Waals surface area (Å²) in [4.78, 5) is 70.1. The zero-order chi connectivity index (χ0) is 13.5. The van der Waals surface area contributed by atoms with Gasteiger partial charge in [-0.15, -0.1) is 0 Å².